The molecule has 1 aliphatic rings. The van der Waals surface area contributed by atoms with E-state index in [2.05, 4.69) is 4.98 Å². The molecule has 1 aliphatic heterocycles. The molecular formula is C25H19F3N2O4. The van der Waals surface area contributed by atoms with Crippen molar-refractivity contribution in [1.29, 1.82) is 0 Å². The van der Waals surface area contributed by atoms with Crippen molar-refractivity contribution in [2.75, 3.05) is 6.61 Å². The molecule has 6 nitrogen and oxygen atoms in total. The maximum atomic E-state index is 12.8. The zero-order chi connectivity index (χ0) is 23.9. The zero-order valence-electron chi connectivity index (χ0n) is 17.7. The van der Waals surface area contributed by atoms with Crippen LogP contribution < -0.4 is 9.47 Å². The number of benzene rings is 2. The van der Waals surface area contributed by atoms with Crippen LogP contribution in [0.25, 0.3) is 16.9 Å². The van der Waals surface area contributed by atoms with Gasteiger partial charge in [-0.15, -0.1) is 0 Å². The lowest BCUT2D eigenvalue weighted by molar-refractivity contribution is -0.138. The van der Waals surface area contributed by atoms with Crippen LogP contribution in [0.15, 0.2) is 67.0 Å². The van der Waals surface area contributed by atoms with E-state index in [1.807, 2.05) is 24.4 Å². The van der Waals surface area contributed by atoms with E-state index >= 15 is 0 Å². The van der Waals surface area contributed by atoms with E-state index in [4.69, 9.17) is 14.6 Å². The summed E-state index contributed by atoms with van der Waals surface area (Å²) < 4.78 is 51.7. The molecule has 2 aromatic carbocycles. The summed E-state index contributed by atoms with van der Waals surface area (Å²) in [5.41, 5.74) is 2.86. The molecule has 0 amide bonds. The second kappa shape index (κ2) is 8.40. The highest BCUT2D eigenvalue weighted by molar-refractivity contribution is 5.69. The van der Waals surface area contributed by atoms with Crippen molar-refractivity contribution in [2.24, 2.45) is 0 Å². The second-order valence-corrected chi connectivity index (χ2v) is 8.10. The monoisotopic (exact) mass is 468 g/mol. The van der Waals surface area contributed by atoms with Crippen LogP contribution in [0.2, 0.25) is 0 Å². The van der Waals surface area contributed by atoms with Crippen LogP contribution in [0.3, 0.4) is 0 Å². The average Bonchev–Trinajstić information content (AvgIpc) is 3.40. The number of alkyl halides is 3. The molecule has 2 aromatic heterocycles. The summed E-state index contributed by atoms with van der Waals surface area (Å²) in [6, 6.07) is 14.0. The van der Waals surface area contributed by atoms with E-state index in [0.717, 1.165) is 23.3 Å². The summed E-state index contributed by atoms with van der Waals surface area (Å²) in [5, 5.41) is 9.02. The minimum Gasteiger partial charge on any atom is -0.492 e. The number of ether oxygens (including phenoxy) is 2. The third kappa shape index (κ3) is 4.41. The molecule has 0 spiro atoms. The van der Waals surface area contributed by atoms with Crippen molar-refractivity contribution in [1.82, 2.24) is 9.38 Å². The number of aromatic nitrogens is 2. The molecule has 0 bridgehead atoms. The fraction of sp³-hybridized carbons (Fsp3) is 0.200. The molecule has 0 saturated carbocycles. The second-order valence-electron chi connectivity index (χ2n) is 8.10. The van der Waals surface area contributed by atoms with Crippen molar-refractivity contribution in [3.05, 3.63) is 83.7 Å². The fourth-order valence-electron chi connectivity index (χ4n) is 3.99. The number of pyridine rings is 1. The lowest BCUT2D eigenvalue weighted by Crippen LogP contribution is -2.07. The number of hydrogen-bond donors (Lipinski definition) is 1. The first kappa shape index (κ1) is 21.8. The third-order valence-electron chi connectivity index (χ3n) is 5.71. The molecule has 0 saturated heterocycles. The van der Waals surface area contributed by atoms with Gasteiger partial charge in [-0.2, -0.15) is 13.2 Å². The Hall–Kier alpha value is -4.01. The Morgan fingerprint density at radius 3 is 2.65 bits per heavy atom. The number of carboxylic acid groups (broad SMARTS) is 1. The Morgan fingerprint density at radius 2 is 1.91 bits per heavy atom. The van der Waals surface area contributed by atoms with E-state index in [-0.39, 0.29) is 18.9 Å². The van der Waals surface area contributed by atoms with Crippen molar-refractivity contribution in [3.63, 3.8) is 0 Å². The van der Waals surface area contributed by atoms with Gasteiger partial charge in [0.1, 0.15) is 23.8 Å². The molecule has 1 atom stereocenters. The minimum atomic E-state index is -4.38. The Bertz CT molecular complexity index is 1360. The van der Waals surface area contributed by atoms with Gasteiger partial charge in [0.15, 0.2) is 0 Å². The summed E-state index contributed by atoms with van der Waals surface area (Å²) >= 11 is 0. The van der Waals surface area contributed by atoms with Gasteiger partial charge in [-0.25, -0.2) is 4.98 Å². The van der Waals surface area contributed by atoms with Crippen LogP contribution in [0.5, 0.6) is 11.5 Å². The normalized spacial score (nSPS) is 15.2. The fourth-order valence-corrected chi connectivity index (χ4v) is 3.99. The van der Waals surface area contributed by atoms with Crippen molar-refractivity contribution in [2.45, 2.75) is 25.1 Å². The topological polar surface area (TPSA) is 73.1 Å². The van der Waals surface area contributed by atoms with E-state index in [1.165, 1.54) is 12.1 Å². The molecule has 9 heteroatoms. The molecule has 34 heavy (non-hydrogen) atoms. The maximum absolute atomic E-state index is 12.8. The largest absolute Gasteiger partial charge is 0.492 e. The van der Waals surface area contributed by atoms with Gasteiger partial charge in [0.05, 0.1) is 24.3 Å². The first-order valence-corrected chi connectivity index (χ1v) is 10.5. The van der Waals surface area contributed by atoms with Gasteiger partial charge >= 0.3 is 12.1 Å². The molecule has 0 unspecified atom stereocenters. The number of fused-ring (bicyclic) bond motifs is 2. The average molecular weight is 468 g/mol. The summed E-state index contributed by atoms with van der Waals surface area (Å²) in [6.07, 6.45) is -0.750. The lowest BCUT2D eigenvalue weighted by Gasteiger charge is -2.09. The highest BCUT2D eigenvalue weighted by Crippen LogP contribution is 2.38. The summed E-state index contributed by atoms with van der Waals surface area (Å²) in [5.74, 6) is 0.211. The first-order chi connectivity index (χ1) is 16.3. The van der Waals surface area contributed by atoms with E-state index in [1.54, 1.807) is 22.7 Å². The summed E-state index contributed by atoms with van der Waals surface area (Å²) in [7, 11) is 0. The van der Waals surface area contributed by atoms with Gasteiger partial charge in [-0.05, 0) is 24.3 Å². The predicted octanol–water partition coefficient (Wildman–Crippen LogP) is 5.55. The van der Waals surface area contributed by atoms with Crippen molar-refractivity contribution >= 4 is 11.6 Å². The Kier molecular flexibility index (Phi) is 5.39. The number of rotatable bonds is 6. The van der Waals surface area contributed by atoms with E-state index in [0.29, 0.717) is 35.0 Å². The third-order valence-corrected chi connectivity index (χ3v) is 5.71. The van der Waals surface area contributed by atoms with E-state index < -0.39 is 17.7 Å². The molecule has 5 rings (SSSR count). The standard InChI is InChI=1S/C25H19F3N2O4/c26-25(27,28)18-4-2-16(3-5-18)21-12-30-11-15(1-8-23(30)29-21)13-33-19-6-7-20-17(9-24(31)32)14-34-22(20)10-19/h1-8,10-12,17H,9,13-14H2,(H,31,32)/t17-/m1/s1. The number of carboxylic acids is 1. The molecule has 4 aromatic rings. The van der Waals surface area contributed by atoms with Gasteiger partial charge in [0, 0.05) is 41.1 Å². The molecule has 0 fully saturated rings. The molecule has 1 N–H and O–H groups in total. The Morgan fingerprint density at radius 1 is 1.12 bits per heavy atom. The highest BCUT2D eigenvalue weighted by Gasteiger charge is 2.30. The van der Waals surface area contributed by atoms with Crippen molar-refractivity contribution < 1.29 is 32.5 Å². The number of halogens is 3. The number of imidazole rings is 1. The quantitative estimate of drug-likeness (QED) is 0.402. The molecule has 174 valence electrons. The molecule has 0 radical (unpaired) electrons. The minimum absolute atomic E-state index is 0.0204. The van der Waals surface area contributed by atoms with Gasteiger partial charge in [-0.3, -0.25) is 4.79 Å². The number of hydrogen-bond acceptors (Lipinski definition) is 4. The summed E-state index contributed by atoms with van der Waals surface area (Å²) in [4.78, 5) is 15.5. The smallest absolute Gasteiger partial charge is 0.416 e. The maximum Gasteiger partial charge on any atom is 0.416 e. The lowest BCUT2D eigenvalue weighted by atomic mass is 9.98. The highest BCUT2D eigenvalue weighted by atomic mass is 19.4. The Labute approximate surface area is 192 Å². The Balaban J connectivity index is 1.29. The van der Waals surface area contributed by atoms with Gasteiger partial charge in [0.2, 0.25) is 0 Å². The molecule has 3 heterocycles. The zero-order valence-corrected chi connectivity index (χ0v) is 17.7. The van der Waals surface area contributed by atoms with Gasteiger partial charge in [-0.1, -0.05) is 24.3 Å². The van der Waals surface area contributed by atoms with Crippen LogP contribution in [-0.4, -0.2) is 27.1 Å². The number of aliphatic carboxylic acids is 1. The van der Waals surface area contributed by atoms with Crippen LogP contribution in [0, 0.1) is 0 Å². The number of nitrogens with zero attached hydrogens (tertiary/aromatic N) is 2. The molecular weight excluding hydrogens is 449 g/mol. The van der Waals surface area contributed by atoms with Crippen LogP contribution in [-0.2, 0) is 17.6 Å². The summed E-state index contributed by atoms with van der Waals surface area (Å²) in [6.45, 7) is 0.616. The van der Waals surface area contributed by atoms with Gasteiger partial charge in [0.25, 0.3) is 0 Å². The SMILES string of the molecule is O=C(O)C[C@@H]1COc2cc(OCc3ccc4nc(-c5ccc(C(F)(F)F)cc5)cn4c3)ccc21. The first-order valence-electron chi connectivity index (χ1n) is 10.5. The van der Waals surface area contributed by atoms with Crippen LogP contribution in [0.4, 0.5) is 13.2 Å². The predicted molar refractivity (Wildman–Crippen MR) is 117 cm³/mol. The van der Waals surface area contributed by atoms with Crippen LogP contribution >= 0.6 is 0 Å². The van der Waals surface area contributed by atoms with Crippen molar-refractivity contribution in [3.8, 4) is 22.8 Å². The van der Waals surface area contributed by atoms with Gasteiger partial charge < -0.3 is 19.0 Å². The molecule has 0 aliphatic carbocycles. The van der Waals surface area contributed by atoms with E-state index in [9.17, 15) is 18.0 Å². The van der Waals surface area contributed by atoms with Crippen LogP contribution in [0.1, 0.15) is 29.0 Å². The number of carbonyl (C=O) groups is 1.